The molecule has 174 valence electrons. The van der Waals surface area contributed by atoms with Crippen molar-refractivity contribution in [2.24, 2.45) is 23.7 Å². The van der Waals surface area contributed by atoms with Gasteiger partial charge in [-0.2, -0.15) is 4.39 Å². The van der Waals surface area contributed by atoms with E-state index in [1.165, 1.54) is 77.0 Å². The summed E-state index contributed by atoms with van der Waals surface area (Å²) >= 11 is 0. The van der Waals surface area contributed by atoms with Crippen LogP contribution in [0, 0.1) is 35.3 Å². The van der Waals surface area contributed by atoms with Gasteiger partial charge in [0.2, 0.25) is 5.82 Å². The van der Waals surface area contributed by atoms with Crippen LogP contribution in [-0.2, 0) is 0 Å². The number of rotatable bonds is 10. The van der Waals surface area contributed by atoms with E-state index in [4.69, 9.17) is 4.74 Å². The number of unbranched alkanes of at least 4 members (excludes halogenated alkanes) is 2. The van der Waals surface area contributed by atoms with Gasteiger partial charge in [-0.15, -0.1) is 0 Å². The summed E-state index contributed by atoms with van der Waals surface area (Å²) in [6, 6.07) is 3.17. The lowest BCUT2D eigenvalue weighted by Crippen LogP contribution is -2.25. The molecule has 0 spiro atoms. The van der Waals surface area contributed by atoms with Gasteiger partial charge in [-0.05, 0) is 80.8 Å². The van der Waals surface area contributed by atoms with Crippen LogP contribution in [0.3, 0.4) is 0 Å². The molecule has 0 aliphatic heterocycles. The predicted octanol–water partition coefficient (Wildman–Crippen LogP) is 8.96. The van der Waals surface area contributed by atoms with Crippen molar-refractivity contribution >= 4 is 6.08 Å². The maximum Gasteiger partial charge on any atom is 0.201 e. The number of hydrogen-bond acceptors (Lipinski definition) is 1. The fourth-order valence-electron chi connectivity index (χ4n) is 5.68. The summed E-state index contributed by atoms with van der Waals surface area (Å²) in [6.07, 6.45) is 20.9. The number of halogens is 2. The van der Waals surface area contributed by atoms with Gasteiger partial charge in [-0.1, -0.05) is 64.5 Å². The van der Waals surface area contributed by atoms with E-state index >= 15 is 0 Å². The van der Waals surface area contributed by atoms with Crippen LogP contribution in [0.15, 0.2) is 18.2 Å². The molecule has 2 aliphatic carbocycles. The van der Waals surface area contributed by atoms with Crippen molar-refractivity contribution in [3.8, 4) is 5.75 Å². The molecule has 0 aromatic heterocycles. The summed E-state index contributed by atoms with van der Waals surface area (Å²) < 4.78 is 33.8. The van der Waals surface area contributed by atoms with Crippen LogP contribution in [0.2, 0.25) is 0 Å². The van der Waals surface area contributed by atoms with Crippen molar-refractivity contribution in [3.63, 3.8) is 0 Å². The number of ether oxygens (including phenoxy) is 1. The number of benzene rings is 1. The molecule has 0 N–H and O–H groups in total. The Morgan fingerprint density at radius 1 is 0.839 bits per heavy atom. The highest BCUT2D eigenvalue weighted by Gasteiger charge is 2.30. The minimum atomic E-state index is -0.871. The first-order chi connectivity index (χ1) is 15.1. The largest absolute Gasteiger partial charge is 0.490 e. The highest BCUT2D eigenvalue weighted by atomic mass is 19.2. The molecule has 0 atom stereocenters. The zero-order chi connectivity index (χ0) is 22.1. The van der Waals surface area contributed by atoms with Gasteiger partial charge in [0.1, 0.15) is 0 Å². The summed E-state index contributed by atoms with van der Waals surface area (Å²) in [5.74, 6) is 1.62. The smallest absolute Gasteiger partial charge is 0.201 e. The van der Waals surface area contributed by atoms with E-state index in [2.05, 4.69) is 13.0 Å². The normalized spacial score (nSPS) is 27.0. The Morgan fingerprint density at radius 2 is 1.52 bits per heavy atom. The zero-order valence-electron chi connectivity index (χ0n) is 19.7. The summed E-state index contributed by atoms with van der Waals surface area (Å²) in [4.78, 5) is 0. The Balaban J connectivity index is 1.43. The van der Waals surface area contributed by atoms with Crippen LogP contribution >= 0.6 is 0 Å². The van der Waals surface area contributed by atoms with E-state index in [1.807, 2.05) is 6.92 Å². The van der Waals surface area contributed by atoms with Gasteiger partial charge in [-0.25, -0.2) is 4.39 Å². The minimum Gasteiger partial charge on any atom is -0.490 e. The number of hydrogen-bond donors (Lipinski definition) is 0. The molecule has 1 aromatic carbocycles. The number of allylic oxidation sites excluding steroid dienone is 1. The van der Waals surface area contributed by atoms with Gasteiger partial charge in [0, 0.05) is 5.56 Å². The van der Waals surface area contributed by atoms with Crippen LogP contribution in [0.25, 0.3) is 6.08 Å². The van der Waals surface area contributed by atoms with Crippen molar-refractivity contribution < 1.29 is 13.5 Å². The molecule has 1 aromatic rings. The lowest BCUT2D eigenvalue weighted by molar-refractivity contribution is 0.151. The molecule has 0 unspecified atom stereocenters. The average Bonchev–Trinajstić information content (AvgIpc) is 2.80. The maximum absolute atomic E-state index is 14.4. The van der Waals surface area contributed by atoms with E-state index in [-0.39, 0.29) is 5.75 Å². The molecule has 0 radical (unpaired) electrons. The molecule has 1 nitrogen and oxygen atoms in total. The second-order valence-corrected chi connectivity index (χ2v) is 9.94. The van der Waals surface area contributed by atoms with Crippen LogP contribution < -0.4 is 4.74 Å². The molecule has 0 heterocycles. The molecule has 0 amide bonds. The molecule has 3 heteroatoms. The predicted molar refractivity (Wildman–Crippen MR) is 126 cm³/mol. The molecule has 31 heavy (non-hydrogen) atoms. The van der Waals surface area contributed by atoms with Gasteiger partial charge >= 0.3 is 0 Å². The summed E-state index contributed by atoms with van der Waals surface area (Å²) in [7, 11) is 0. The fourth-order valence-corrected chi connectivity index (χ4v) is 5.68. The van der Waals surface area contributed by atoms with Gasteiger partial charge in [0.05, 0.1) is 6.61 Å². The summed E-state index contributed by atoms with van der Waals surface area (Å²) in [6.45, 7) is 4.63. The summed E-state index contributed by atoms with van der Waals surface area (Å²) in [5, 5.41) is 0. The zero-order valence-corrected chi connectivity index (χ0v) is 19.7. The molecule has 3 rings (SSSR count). The van der Waals surface area contributed by atoms with E-state index in [9.17, 15) is 8.78 Å². The standard InChI is InChI=1S/C28H42F2O/c1-3-5-6-7-21-8-13-23(14-9-21)24-15-10-22(11-16-24)12-17-25-18-19-26(31-20-4-2)28(30)27(25)29/h12,17-19,21-24H,3-11,13-16,20H2,1-2H3/b17-12+. The van der Waals surface area contributed by atoms with Crippen molar-refractivity contribution in [1.82, 2.24) is 0 Å². The Kier molecular flexibility index (Phi) is 9.87. The molecule has 0 saturated heterocycles. The average molecular weight is 433 g/mol. The third-order valence-corrected chi connectivity index (χ3v) is 7.68. The minimum absolute atomic E-state index is 0.0112. The van der Waals surface area contributed by atoms with Crippen LogP contribution in [0.1, 0.15) is 103 Å². The first-order valence-electron chi connectivity index (χ1n) is 12.9. The monoisotopic (exact) mass is 432 g/mol. The van der Waals surface area contributed by atoms with Gasteiger partial charge in [0.15, 0.2) is 11.6 Å². The Bertz CT molecular complexity index is 682. The van der Waals surface area contributed by atoms with E-state index < -0.39 is 11.6 Å². The van der Waals surface area contributed by atoms with Gasteiger partial charge in [-0.3, -0.25) is 0 Å². The Morgan fingerprint density at radius 3 is 2.16 bits per heavy atom. The van der Waals surface area contributed by atoms with Crippen molar-refractivity contribution in [1.29, 1.82) is 0 Å². The molecule has 2 aliphatic rings. The van der Waals surface area contributed by atoms with Gasteiger partial charge in [0.25, 0.3) is 0 Å². The highest BCUT2D eigenvalue weighted by Crippen LogP contribution is 2.42. The molecule has 0 bridgehead atoms. The SMILES string of the molecule is CCCCCC1CCC(C2CCC(/C=C/c3ccc(OCCC)c(F)c3F)CC2)CC1. The lowest BCUT2D eigenvalue weighted by Gasteiger charge is -2.37. The van der Waals surface area contributed by atoms with Crippen molar-refractivity contribution in [2.45, 2.75) is 97.3 Å². The molecule has 2 fully saturated rings. The van der Waals surface area contributed by atoms with E-state index in [1.54, 1.807) is 18.2 Å². The van der Waals surface area contributed by atoms with E-state index in [0.717, 1.165) is 24.2 Å². The van der Waals surface area contributed by atoms with Crippen molar-refractivity contribution in [2.75, 3.05) is 6.61 Å². The third-order valence-electron chi connectivity index (χ3n) is 7.68. The quantitative estimate of drug-likeness (QED) is 0.335. The third kappa shape index (κ3) is 7.05. The Hall–Kier alpha value is -1.38. The van der Waals surface area contributed by atoms with Crippen molar-refractivity contribution in [3.05, 3.63) is 35.4 Å². The molecular formula is C28H42F2O. The summed E-state index contributed by atoms with van der Waals surface area (Å²) in [5.41, 5.74) is 0.324. The highest BCUT2D eigenvalue weighted by molar-refractivity contribution is 5.52. The first kappa shape index (κ1) is 24.3. The maximum atomic E-state index is 14.4. The van der Waals surface area contributed by atoms with Gasteiger partial charge < -0.3 is 4.74 Å². The fraction of sp³-hybridized carbons (Fsp3) is 0.714. The van der Waals surface area contributed by atoms with Crippen LogP contribution in [-0.4, -0.2) is 6.61 Å². The second-order valence-electron chi connectivity index (χ2n) is 9.94. The van der Waals surface area contributed by atoms with E-state index in [0.29, 0.717) is 18.1 Å². The topological polar surface area (TPSA) is 9.23 Å². The lowest BCUT2D eigenvalue weighted by atomic mass is 9.68. The van der Waals surface area contributed by atoms with Crippen LogP contribution in [0.5, 0.6) is 5.75 Å². The molecular weight excluding hydrogens is 390 g/mol. The first-order valence-corrected chi connectivity index (χ1v) is 12.9. The molecule has 2 saturated carbocycles. The second kappa shape index (κ2) is 12.6. The Labute approximate surface area is 188 Å². The van der Waals surface area contributed by atoms with Crippen LogP contribution in [0.4, 0.5) is 8.78 Å².